The van der Waals surface area contributed by atoms with Crippen LogP contribution in [0.5, 0.6) is 0 Å². The minimum Gasteiger partial charge on any atom is -0.360 e. The number of hydrogen-bond donors (Lipinski definition) is 2. The normalized spacial score (nSPS) is 11.6. The number of aromatic nitrogens is 2. The van der Waals surface area contributed by atoms with Crippen molar-refractivity contribution in [2.24, 2.45) is 5.10 Å². The summed E-state index contributed by atoms with van der Waals surface area (Å²) in [6.45, 7) is 1.83. The monoisotopic (exact) mass is 278 g/mol. The Balaban J connectivity index is 1.81. The summed E-state index contributed by atoms with van der Waals surface area (Å²) in [4.78, 5) is 19.3. The smallest absolute Gasteiger partial charge is 0.273 e. The highest BCUT2D eigenvalue weighted by molar-refractivity contribution is 6.07. The Kier molecular flexibility index (Phi) is 3.47. The molecule has 104 valence electrons. The molecule has 0 radical (unpaired) electrons. The third-order valence-corrected chi connectivity index (χ3v) is 3.24. The van der Waals surface area contributed by atoms with Gasteiger partial charge < -0.3 is 4.98 Å². The molecule has 0 aliphatic rings. The van der Waals surface area contributed by atoms with Crippen LogP contribution in [-0.2, 0) is 0 Å². The fourth-order valence-corrected chi connectivity index (χ4v) is 2.10. The Labute approximate surface area is 121 Å². The fourth-order valence-electron chi connectivity index (χ4n) is 2.10. The standard InChI is InChI=1S/C16H14N4O/c1-11(12-5-4-8-17-9-12)19-20-16(21)14-10-18-15-7-3-2-6-13(14)15/h2-10,18H,1H3,(H,20,21)/b19-11+. The maximum Gasteiger partial charge on any atom is 0.273 e. The number of fused-ring (bicyclic) bond motifs is 1. The molecule has 5 nitrogen and oxygen atoms in total. The van der Waals surface area contributed by atoms with Gasteiger partial charge in [0.05, 0.1) is 11.3 Å². The third kappa shape index (κ3) is 2.67. The van der Waals surface area contributed by atoms with E-state index in [1.165, 1.54) is 0 Å². The van der Waals surface area contributed by atoms with Crippen molar-refractivity contribution < 1.29 is 4.79 Å². The number of aromatic amines is 1. The van der Waals surface area contributed by atoms with Crippen LogP contribution >= 0.6 is 0 Å². The number of rotatable bonds is 3. The van der Waals surface area contributed by atoms with Crippen LogP contribution < -0.4 is 5.43 Å². The number of nitrogens with one attached hydrogen (secondary N) is 2. The van der Waals surface area contributed by atoms with Gasteiger partial charge in [-0.05, 0) is 19.1 Å². The van der Waals surface area contributed by atoms with Crippen LogP contribution in [0.2, 0.25) is 0 Å². The van der Waals surface area contributed by atoms with Crippen LogP contribution in [0.3, 0.4) is 0 Å². The molecule has 3 aromatic rings. The van der Waals surface area contributed by atoms with E-state index >= 15 is 0 Å². The highest BCUT2D eigenvalue weighted by atomic mass is 16.2. The summed E-state index contributed by atoms with van der Waals surface area (Å²) in [6, 6.07) is 11.4. The van der Waals surface area contributed by atoms with Gasteiger partial charge in [-0.25, -0.2) is 5.43 Å². The maximum atomic E-state index is 12.2. The van der Waals surface area contributed by atoms with Crippen molar-refractivity contribution in [3.05, 3.63) is 66.1 Å². The molecule has 5 heteroatoms. The van der Waals surface area contributed by atoms with E-state index in [-0.39, 0.29) is 5.91 Å². The number of hydrazone groups is 1. The first-order valence-corrected chi connectivity index (χ1v) is 6.57. The summed E-state index contributed by atoms with van der Waals surface area (Å²) >= 11 is 0. The Hall–Kier alpha value is -2.95. The Morgan fingerprint density at radius 1 is 1.24 bits per heavy atom. The van der Waals surface area contributed by atoms with Crippen LogP contribution in [-0.4, -0.2) is 21.6 Å². The van der Waals surface area contributed by atoms with Crippen molar-refractivity contribution in [1.82, 2.24) is 15.4 Å². The van der Waals surface area contributed by atoms with E-state index in [0.717, 1.165) is 16.5 Å². The Bertz CT molecular complexity index is 805. The van der Waals surface area contributed by atoms with Gasteiger partial charge in [0.15, 0.2) is 0 Å². The zero-order valence-corrected chi connectivity index (χ0v) is 11.5. The summed E-state index contributed by atoms with van der Waals surface area (Å²) in [5, 5.41) is 5.00. The second-order valence-corrected chi connectivity index (χ2v) is 4.63. The minimum atomic E-state index is -0.240. The van der Waals surface area contributed by atoms with E-state index in [4.69, 9.17) is 0 Å². The number of hydrogen-bond acceptors (Lipinski definition) is 3. The highest BCUT2D eigenvalue weighted by Crippen LogP contribution is 2.17. The van der Waals surface area contributed by atoms with Crippen LogP contribution in [0.1, 0.15) is 22.8 Å². The first-order chi connectivity index (χ1) is 10.3. The number of H-pyrrole nitrogens is 1. The second-order valence-electron chi connectivity index (χ2n) is 4.63. The molecule has 0 unspecified atom stereocenters. The molecule has 2 aromatic heterocycles. The molecule has 21 heavy (non-hydrogen) atoms. The second kappa shape index (κ2) is 5.58. The van der Waals surface area contributed by atoms with Crippen LogP contribution in [0.4, 0.5) is 0 Å². The van der Waals surface area contributed by atoms with E-state index < -0.39 is 0 Å². The zero-order valence-electron chi connectivity index (χ0n) is 11.5. The molecule has 0 fully saturated rings. The molecule has 3 rings (SSSR count). The van der Waals surface area contributed by atoms with Gasteiger partial charge in [0, 0.05) is 35.1 Å². The average molecular weight is 278 g/mol. The lowest BCUT2D eigenvalue weighted by Crippen LogP contribution is -2.19. The summed E-state index contributed by atoms with van der Waals surface area (Å²) in [5.41, 5.74) is 5.66. The molecule has 0 aliphatic carbocycles. The van der Waals surface area contributed by atoms with E-state index in [2.05, 4.69) is 20.5 Å². The van der Waals surface area contributed by atoms with Gasteiger partial charge in [-0.2, -0.15) is 5.10 Å². The van der Waals surface area contributed by atoms with Gasteiger partial charge in [-0.1, -0.05) is 24.3 Å². The zero-order chi connectivity index (χ0) is 14.7. The third-order valence-electron chi connectivity index (χ3n) is 3.24. The van der Waals surface area contributed by atoms with Crippen molar-refractivity contribution in [3.63, 3.8) is 0 Å². The fraction of sp³-hybridized carbons (Fsp3) is 0.0625. The SMILES string of the molecule is C/C(=N\NC(=O)c1c[nH]c2ccccc12)c1cccnc1. The molecule has 2 heterocycles. The first-order valence-electron chi connectivity index (χ1n) is 6.57. The highest BCUT2D eigenvalue weighted by Gasteiger charge is 2.10. The molecular weight excluding hydrogens is 264 g/mol. The lowest BCUT2D eigenvalue weighted by atomic mass is 10.2. The van der Waals surface area contributed by atoms with Crippen LogP contribution in [0.25, 0.3) is 10.9 Å². The maximum absolute atomic E-state index is 12.2. The van der Waals surface area contributed by atoms with Crippen molar-refractivity contribution in [1.29, 1.82) is 0 Å². The average Bonchev–Trinajstić information content (AvgIpc) is 2.97. The number of para-hydroxylation sites is 1. The predicted molar refractivity (Wildman–Crippen MR) is 82.2 cm³/mol. The lowest BCUT2D eigenvalue weighted by Gasteiger charge is -2.01. The van der Waals surface area contributed by atoms with Crippen molar-refractivity contribution in [2.75, 3.05) is 0 Å². The summed E-state index contributed by atoms with van der Waals surface area (Å²) in [5.74, 6) is -0.240. The van der Waals surface area contributed by atoms with E-state index in [9.17, 15) is 4.79 Å². The van der Waals surface area contributed by atoms with Gasteiger partial charge in [0.2, 0.25) is 0 Å². The van der Waals surface area contributed by atoms with Crippen molar-refractivity contribution in [3.8, 4) is 0 Å². The van der Waals surface area contributed by atoms with Crippen LogP contribution in [0, 0.1) is 0 Å². The van der Waals surface area contributed by atoms with Crippen molar-refractivity contribution in [2.45, 2.75) is 6.92 Å². The molecule has 0 saturated heterocycles. The molecule has 0 bridgehead atoms. The van der Waals surface area contributed by atoms with E-state index in [1.54, 1.807) is 18.6 Å². The topological polar surface area (TPSA) is 70.1 Å². The quantitative estimate of drug-likeness (QED) is 0.571. The van der Waals surface area contributed by atoms with Gasteiger partial charge in [0.25, 0.3) is 5.91 Å². The molecule has 2 N–H and O–H groups in total. The number of benzene rings is 1. The summed E-state index contributed by atoms with van der Waals surface area (Å²) in [6.07, 6.45) is 5.09. The molecule has 0 spiro atoms. The van der Waals surface area contributed by atoms with Gasteiger partial charge in [0.1, 0.15) is 0 Å². The van der Waals surface area contributed by atoms with E-state index in [0.29, 0.717) is 11.3 Å². The predicted octanol–water partition coefficient (Wildman–Crippen LogP) is 2.72. The molecular formula is C16H14N4O. The number of carbonyl (C=O) groups excluding carboxylic acids is 1. The van der Waals surface area contributed by atoms with Gasteiger partial charge >= 0.3 is 0 Å². The summed E-state index contributed by atoms with van der Waals surface area (Å²) < 4.78 is 0. The Morgan fingerprint density at radius 3 is 2.90 bits per heavy atom. The lowest BCUT2D eigenvalue weighted by molar-refractivity contribution is 0.0956. The molecule has 1 amide bonds. The number of nitrogens with zero attached hydrogens (tertiary/aromatic N) is 2. The first kappa shape index (κ1) is 13.1. The molecule has 0 saturated carbocycles. The number of amides is 1. The summed E-state index contributed by atoms with van der Waals surface area (Å²) in [7, 11) is 0. The van der Waals surface area contributed by atoms with Crippen molar-refractivity contribution >= 4 is 22.5 Å². The Morgan fingerprint density at radius 2 is 2.10 bits per heavy atom. The minimum absolute atomic E-state index is 0.240. The largest absolute Gasteiger partial charge is 0.360 e. The number of carbonyl (C=O) groups is 1. The molecule has 0 atom stereocenters. The molecule has 1 aromatic carbocycles. The number of pyridine rings is 1. The van der Waals surface area contributed by atoms with Gasteiger partial charge in [-0.15, -0.1) is 0 Å². The van der Waals surface area contributed by atoms with Gasteiger partial charge in [-0.3, -0.25) is 9.78 Å². The van der Waals surface area contributed by atoms with E-state index in [1.807, 2.05) is 43.3 Å². The van der Waals surface area contributed by atoms with Crippen LogP contribution in [0.15, 0.2) is 60.1 Å². The molecule has 0 aliphatic heterocycles.